The van der Waals surface area contributed by atoms with Crippen molar-refractivity contribution in [1.29, 1.82) is 0 Å². The Balaban J connectivity index is 2.05. The van der Waals surface area contributed by atoms with Crippen LogP contribution in [-0.4, -0.2) is 21.0 Å². The molecule has 2 N–H and O–H groups in total. The summed E-state index contributed by atoms with van der Waals surface area (Å²) in [5.41, 5.74) is 1.00. The van der Waals surface area contributed by atoms with Crippen molar-refractivity contribution in [3.8, 4) is 0 Å². The molecule has 0 atom stereocenters. The van der Waals surface area contributed by atoms with Gasteiger partial charge in [0.2, 0.25) is 10.0 Å². The SMILES string of the molecule is CCCNCc1cccc(S(=O)(=O)NC2CC2)c1. The minimum Gasteiger partial charge on any atom is -0.313 e. The molecule has 0 aliphatic heterocycles. The lowest BCUT2D eigenvalue weighted by Crippen LogP contribution is -2.25. The normalized spacial score (nSPS) is 15.8. The first kappa shape index (κ1) is 13.5. The highest BCUT2D eigenvalue weighted by Crippen LogP contribution is 2.22. The van der Waals surface area contributed by atoms with E-state index in [1.165, 1.54) is 0 Å². The third kappa shape index (κ3) is 3.80. The maximum Gasteiger partial charge on any atom is 0.240 e. The molecule has 0 aromatic heterocycles. The highest BCUT2D eigenvalue weighted by Gasteiger charge is 2.27. The van der Waals surface area contributed by atoms with Gasteiger partial charge in [0.25, 0.3) is 0 Å². The number of benzene rings is 1. The molecule has 0 saturated heterocycles. The second-order valence-corrected chi connectivity index (χ2v) is 6.43. The summed E-state index contributed by atoms with van der Waals surface area (Å²) >= 11 is 0. The average Bonchev–Trinajstić information content (AvgIpc) is 3.13. The summed E-state index contributed by atoms with van der Waals surface area (Å²) in [6, 6.07) is 7.28. The van der Waals surface area contributed by atoms with Crippen molar-refractivity contribution in [3.05, 3.63) is 29.8 Å². The zero-order valence-corrected chi connectivity index (χ0v) is 11.5. The summed E-state index contributed by atoms with van der Waals surface area (Å²) in [5.74, 6) is 0. The van der Waals surface area contributed by atoms with E-state index < -0.39 is 10.0 Å². The maximum atomic E-state index is 12.0. The second-order valence-electron chi connectivity index (χ2n) is 4.72. The molecule has 1 aromatic rings. The van der Waals surface area contributed by atoms with Gasteiger partial charge in [0, 0.05) is 12.6 Å². The van der Waals surface area contributed by atoms with Gasteiger partial charge in [-0.25, -0.2) is 13.1 Å². The predicted octanol–water partition coefficient (Wildman–Crippen LogP) is 1.63. The highest BCUT2D eigenvalue weighted by atomic mass is 32.2. The Hall–Kier alpha value is -0.910. The topological polar surface area (TPSA) is 58.2 Å². The van der Waals surface area contributed by atoms with Crippen molar-refractivity contribution in [2.45, 2.75) is 43.7 Å². The number of nitrogens with one attached hydrogen (secondary N) is 2. The van der Waals surface area contributed by atoms with Crippen molar-refractivity contribution in [1.82, 2.24) is 10.0 Å². The van der Waals surface area contributed by atoms with E-state index in [9.17, 15) is 8.42 Å². The van der Waals surface area contributed by atoms with Gasteiger partial charge in [0.1, 0.15) is 0 Å². The molecule has 1 saturated carbocycles. The van der Waals surface area contributed by atoms with E-state index in [-0.39, 0.29) is 6.04 Å². The summed E-state index contributed by atoms with van der Waals surface area (Å²) in [6.45, 7) is 3.76. The van der Waals surface area contributed by atoms with Crippen LogP contribution in [0.2, 0.25) is 0 Å². The lowest BCUT2D eigenvalue weighted by atomic mass is 10.2. The van der Waals surface area contributed by atoms with Crippen LogP contribution in [0, 0.1) is 0 Å². The van der Waals surface area contributed by atoms with Crippen LogP contribution in [-0.2, 0) is 16.6 Å². The van der Waals surface area contributed by atoms with Gasteiger partial charge in [-0.05, 0) is 43.5 Å². The first-order valence-electron chi connectivity index (χ1n) is 6.44. The number of rotatable bonds is 7. The third-order valence-corrected chi connectivity index (χ3v) is 4.38. The monoisotopic (exact) mass is 268 g/mol. The zero-order valence-electron chi connectivity index (χ0n) is 10.6. The summed E-state index contributed by atoms with van der Waals surface area (Å²) in [6.07, 6.45) is 2.98. The molecule has 2 rings (SSSR count). The van der Waals surface area contributed by atoms with Gasteiger partial charge >= 0.3 is 0 Å². The summed E-state index contributed by atoms with van der Waals surface area (Å²) in [4.78, 5) is 0.366. The first-order chi connectivity index (χ1) is 8.62. The van der Waals surface area contributed by atoms with Crippen LogP contribution in [0.25, 0.3) is 0 Å². The highest BCUT2D eigenvalue weighted by molar-refractivity contribution is 7.89. The van der Waals surface area contributed by atoms with E-state index in [4.69, 9.17) is 0 Å². The molecule has 18 heavy (non-hydrogen) atoms. The zero-order chi connectivity index (χ0) is 13.0. The molecule has 4 nitrogen and oxygen atoms in total. The molecule has 1 aliphatic carbocycles. The van der Waals surface area contributed by atoms with Crippen molar-refractivity contribution in [2.75, 3.05) is 6.54 Å². The Kier molecular flexibility index (Phi) is 4.37. The van der Waals surface area contributed by atoms with E-state index in [0.29, 0.717) is 11.4 Å². The van der Waals surface area contributed by atoms with E-state index in [0.717, 1.165) is 31.4 Å². The molecule has 0 spiro atoms. The Labute approximate surface area is 109 Å². The van der Waals surface area contributed by atoms with E-state index >= 15 is 0 Å². The van der Waals surface area contributed by atoms with Crippen LogP contribution >= 0.6 is 0 Å². The predicted molar refractivity (Wildman–Crippen MR) is 71.8 cm³/mol. The second kappa shape index (κ2) is 5.82. The maximum absolute atomic E-state index is 12.0. The van der Waals surface area contributed by atoms with Gasteiger partial charge in [-0.15, -0.1) is 0 Å². The molecule has 0 heterocycles. The standard InChI is InChI=1S/C13H20N2O2S/c1-2-8-14-10-11-4-3-5-13(9-11)18(16,17)15-12-6-7-12/h3-5,9,12,14-15H,2,6-8,10H2,1H3. The molecule has 0 bridgehead atoms. The molecular weight excluding hydrogens is 248 g/mol. The van der Waals surface area contributed by atoms with Crippen LogP contribution in [0.15, 0.2) is 29.2 Å². The molecule has 0 unspecified atom stereocenters. The van der Waals surface area contributed by atoms with Gasteiger partial charge in [-0.3, -0.25) is 0 Å². The molecule has 1 aliphatic rings. The molecule has 0 radical (unpaired) electrons. The van der Waals surface area contributed by atoms with Gasteiger partial charge in [0.15, 0.2) is 0 Å². The lowest BCUT2D eigenvalue weighted by molar-refractivity contribution is 0.580. The minimum atomic E-state index is -3.33. The fraction of sp³-hybridized carbons (Fsp3) is 0.538. The Morgan fingerprint density at radius 2 is 2.11 bits per heavy atom. The lowest BCUT2D eigenvalue weighted by Gasteiger charge is -2.08. The van der Waals surface area contributed by atoms with Gasteiger partial charge in [-0.2, -0.15) is 0 Å². The van der Waals surface area contributed by atoms with Crippen LogP contribution in [0.4, 0.5) is 0 Å². The van der Waals surface area contributed by atoms with E-state index in [2.05, 4.69) is 17.0 Å². The molecule has 0 amide bonds. The van der Waals surface area contributed by atoms with Gasteiger partial charge < -0.3 is 5.32 Å². The quantitative estimate of drug-likeness (QED) is 0.739. The van der Waals surface area contributed by atoms with Crippen LogP contribution in [0.3, 0.4) is 0 Å². The molecule has 5 heteroatoms. The van der Waals surface area contributed by atoms with Crippen molar-refractivity contribution in [2.24, 2.45) is 0 Å². The smallest absolute Gasteiger partial charge is 0.240 e. The Morgan fingerprint density at radius 1 is 1.33 bits per heavy atom. The van der Waals surface area contributed by atoms with Crippen molar-refractivity contribution in [3.63, 3.8) is 0 Å². The summed E-state index contributed by atoms with van der Waals surface area (Å²) in [5, 5.41) is 3.27. The van der Waals surface area contributed by atoms with Crippen LogP contribution in [0.1, 0.15) is 31.7 Å². The van der Waals surface area contributed by atoms with Crippen LogP contribution in [0.5, 0.6) is 0 Å². The molecule has 1 fully saturated rings. The molecule has 100 valence electrons. The number of hydrogen-bond acceptors (Lipinski definition) is 3. The van der Waals surface area contributed by atoms with Crippen molar-refractivity contribution < 1.29 is 8.42 Å². The average molecular weight is 268 g/mol. The minimum absolute atomic E-state index is 0.150. The summed E-state index contributed by atoms with van der Waals surface area (Å²) < 4.78 is 26.8. The fourth-order valence-corrected chi connectivity index (χ4v) is 3.10. The fourth-order valence-electron chi connectivity index (χ4n) is 1.72. The van der Waals surface area contributed by atoms with E-state index in [1.807, 2.05) is 6.07 Å². The third-order valence-electron chi connectivity index (χ3n) is 2.86. The Morgan fingerprint density at radius 3 is 2.78 bits per heavy atom. The molecular formula is C13H20N2O2S. The molecule has 1 aromatic carbocycles. The van der Waals surface area contributed by atoms with Crippen molar-refractivity contribution >= 4 is 10.0 Å². The summed E-state index contributed by atoms with van der Waals surface area (Å²) in [7, 11) is -3.33. The van der Waals surface area contributed by atoms with Gasteiger partial charge in [0.05, 0.1) is 4.90 Å². The first-order valence-corrected chi connectivity index (χ1v) is 7.92. The Bertz CT molecular complexity index is 495. The van der Waals surface area contributed by atoms with E-state index in [1.54, 1.807) is 18.2 Å². The number of hydrogen-bond donors (Lipinski definition) is 2. The van der Waals surface area contributed by atoms with Crippen LogP contribution < -0.4 is 10.0 Å². The number of sulfonamides is 1. The van der Waals surface area contributed by atoms with Gasteiger partial charge in [-0.1, -0.05) is 19.1 Å². The largest absolute Gasteiger partial charge is 0.313 e.